The van der Waals surface area contributed by atoms with Crippen LogP contribution in [0.5, 0.6) is 0 Å². The lowest BCUT2D eigenvalue weighted by molar-refractivity contribution is 0.100. The maximum absolute atomic E-state index is 12.1. The molecule has 0 unspecified atom stereocenters. The second kappa shape index (κ2) is 6.19. The van der Waals surface area contributed by atoms with Crippen LogP contribution in [0.15, 0.2) is 51.4 Å². The van der Waals surface area contributed by atoms with Gasteiger partial charge in [0.1, 0.15) is 0 Å². The van der Waals surface area contributed by atoms with Crippen molar-refractivity contribution in [2.24, 2.45) is 5.73 Å². The van der Waals surface area contributed by atoms with Gasteiger partial charge in [0.2, 0.25) is 0 Å². The first-order valence-electron chi connectivity index (χ1n) is 5.63. The van der Waals surface area contributed by atoms with Crippen LogP contribution in [0.25, 0.3) is 0 Å². The van der Waals surface area contributed by atoms with Crippen LogP contribution in [-0.2, 0) is 0 Å². The molecule has 0 saturated heterocycles. The molecule has 102 valence electrons. The second-order valence-electron chi connectivity index (χ2n) is 4.02. The van der Waals surface area contributed by atoms with Crippen LogP contribution in [0.3, 0.4) is 0 Å². The summed E-state index contributed by atoms with van der Waals surface area (Å²) in [5.41, 5.74) is 6.41. The number of carbonyl (C=O) groups is 2. The maximum Gasteiger partial charge on any atom is 0.255 e. The van der Waals surface area contributed by atoms with Gasteiger partial charge in [-0.25, -0.2) is 0 Å². The summed E-state index contributed by atoms with van der Waals surface area (Å²) in [6.45, 7) is 0. The van der Waals surface area contributed by atoms with E-state index in [9.17, 15) is 9.59 Å². The van der Waals surface area contributed by atoms with E-state index in [1.165, 1.54) is 0 Å². The van der Waals surface area contributed by atoms with Crippen molar-refractivity contribution in [1.29, 1.82) is 0 Å². The van der Waals surface area contributed by atoms with Gasteiger partial charge in [0.25, 0.3) is 11.8 Å². The first-order valence-corrected chi connectivity index (χ1v) is 7.22. The highest BCUT2D eigenvalue weighted by Gasteiger charge is 2.12. The van der Waals surface area contributed by atoms with Crippen molar-refractivity contribution in [1.82, 2.24) is 0 Å². The Morgan fingerprint density at radius 2 is 1.55 bits per heavy atom. The van der Waals surface area contributed by atoms with E-state index in [1.807, 2.05) is 0 Å². The summed E-state index contributed by atoms with van der Waals surface area (Å²) in [5.74, 6) is -0.901. The summed E-state index contributed by atoms with van der Waals surface area (Å²) in [4.78, 5) is 23.5. The van der Waals surface area contributed by atoms with Gasteiger partial charge in [0.15, 0.2) is 0 Å². The quantitative estimate of drug-likeness (QED) is 0.830. The highest BCUT2D eigenvalue weighted by atomic mass is 79.9. The lowest BCUT2D eigenvalue weighted by Crippen LogP contribution is -2.18. The van der Waals surface area contributed by atoms with Crippen LogP contribution in [0.2, 0.25) is 0 Å². The predicted octanol–water partition coefficient (Wildman–Crippen LogP) is 3.56. The minimum absolute atomic E-state index is 0.263. The zero-order chi connectivity index (χ0) is 14.7. The van der Waals surface area contributed by atoms with Gasteiger partial charge in [-0.05, 0) is 42.5 Å². The third-order valence-electron chi connectivity index (χ3n) is 2.60. The van der Waals surface area contributed by atoms with Crippen LogP contribution in [0, 0.1) is 0 Å². The normalized spacial score (nSPS) is 10.1. The molecule has 0 saturated carbocycles. The molecule has 0 aliphatic carbocycles. The Morgan fingerprint density at radius 1 is 0.950 bits per heavy atom. The second-order valence-corrected chi connectivity index (χ2v) is 5.85. The maximum atomic E-state index is 12.1. The monoisotopic (exact) mass is 396 g/mol. The van der Waals surface area contributed by atoms with Crippen LogP contribution >= 0.6 is 31.9 Å². The third kappa shape index (κ3) is 3.46. The Balaban J connectivity index is 2.29. The number of rotatable bonds is 3. The SMILES string of the molecule is NC(=O)c1ccc(Br)cc1NC(=O)c1ccc(Br)cc1. The molecule has 2 rings (SSSR count). The smallest absolute Gasteiger partial charge is 0.255 e. The molecule has 0 atom stereocenters. The molecular weight excluding hydrogens is 388 g/mol. The molecule has 4 nitrogen and oxygen atoms in total. The van der Waals surface area contributed by atoms with Crippen molar-refractivity contribution in [3.63, 3.8) is 0 Å². The zero-order valence-corrected chi connectivity index (χ0v) is 13.4. The van der Waals surface area contributed by atoms with Crippen LogP contribution in [0.4, 0.5) is 5.69 Å². The molecule has 0 aliphatic heterocycles. The van der Waals surface area contributed by atoms with Gasteiger partial charge >= 0.3 is 0 Å². The summed E-state index contributed by atoms with van der Waals surface area (Å²) < 4.78 is 1.63. The first kappa shape index (κ1) is 14.7. The molecule has 0 heterocycles. The van der Waals surface area contributed by atoms with Crippen molar-refractivity contribution in [3.8, 4) is 0 Å². The van der Waals surface area contributed by atoms with Gasteiger partial charge < -0.3 is 11.1 Å². The average Bonchev–Trinajstić information content (AvgIpc) is 2.39. The molecule has 0 spiro atoms. The minimum Gasteiger partial charge on any atom is -0.366 e. The number of anilines is 1. The Hall–Kier alpha value is -1.66. The number of hydrogen-bond acceptors (Lipinski definition) is 2. The number of nitrogens with two attached hydrogens (primary N) is 1. The molecule has 3 N–H and O–H groups in total. The molecule has 20 heavy (non-hydrogen) atoms. The van der Waals surface area contributed by atoms with E-state index in [4.69, 9.17) is 5.73 Å². The Labute approximate surface area is 132 Å². The number of amides is 2. The lowest BCUT2D eigenvalue weighted by Gasteiger charge is -2.09. The van der Waals surface area contributed by atoms with Gasteiger partial charge in [-0.3, -0.25) is 9.59 Å². The summed E-state index contributed by atoms with van der Waals surface area (Å²) in [6.07, 6.45) is 0. The molecule has 2 amide bonds. The van der Waals surface area contributed by atoms with Crippen LogP contribution in [0.1, 0.15) is 20.7 Å². The molecule has 0 fully saturated rings. The standard InChI is InChI=1S/C14H10Br2N2O2/c15-9-3-1-8(2-4-9)14(20)18-12-7-10(16)5-6-11(12)13(17)19/h1-7H,(H2,17,19)(H,18,20). The van der Waals surface area contributed by atoms with Gasteiger partial charge in [-0.2, -0.15) is 0 Å². The fourth-order valence-electron chi connectivity index (χ4n) is 1.63. The topological polar surface area (TPSA) is 72.2 Å². The van der Waals surface area contributed by atoms with Crippen molar-refractivity contribution in [2.75, 3.05) is 5.32 Å². The zero-order valence-electron chi connectivity index (χ0n) is 10.2. The van der Waals surface area contributed by atoms with E-state index in [2.05, 4.69) is 37.2 Å². The van der Waals surface area contributed by atoms with Gasteiger partial charge in [0.05, 0.1) is 11.3 Å². The fourth-order valence-corrected chi connectivity index (χ4v) is 2.26. The highest BCUT2D eigenvalue weighted by molar-refractivity contribution is 9.10. The number of halogens is 2. The van der Waals surface area contributed by atoms with E-state index in [0.717, 1.165) is 8.95 Å². The average molecular weight is 398 g/mol. The van der Waals surface area contributed by atoms with E-state index in [0.29, 0.717) is 11.3 Å². The number of carbonyl (C=O) groups excluding carboxylic acids is 2. The fraction of sp³-hybridized carbons (Fsp3) is 0. The van der Waals surface area contributed by atoms with Gasteiger partial charge in [-0.1, -0.05) is 31.9 Å². The summed E-state index contributed by atoms with van der Waals surface area (Å²) in [7, 11) is 0. The lowest BCUT2D eigenvalue weighted by atomic mass is 10.1. The molecule has 6 heteroatoms. The van der Waals surface area contributed by atoms with Crippen molar-refractivity contribution in [2.45, 2.75) is 0 Å². The Kier molecular flexibility index (Phi) is 4.57. The number of benzene rings is 2. The molecule has 2 aromatic carbocycles. The third-order valence-corrected chi connectivity index (χ3v) is 3.62. The number of primary amides is 1. The number of hydrogen-bond donors (Lipinski definition) is 2. The summed E-state index contributed by atoms with van der Waals surface area (Å²) >= 11 is 6.59. The molecule has 0 radical (unpaired) electrons. The van der Waals surface area contributed by atoms with E-state index < -0.39 is 5.91 Å². The van der Waals surface area contributed by atoms with E-state index in [-0.39, 0.29) is 11.5 Å². The van der Waals surface area contributed by atoms with E-state index in [1.54, 1.807) is 42.5 Å². The molecular formula is C14H10Br2N2O2. The predicted molar refractivity (Wildman–Crippen MR) is 84.8 cm³/mol. The van der Waals surface area contributed by atoms with Crippen molar-refractivity contribution >= 4 is 49.4 Å². The minimum atomic E-state index is -0.594. The largest absolute Gasteiger partial charge is 0.366 e. The van der Waals surface area contributed by atoms with Gasteiger partial charge in [0, 0.05) is 14.5 Å². The van der Waals surface area contributed by atoms with Crippen molar-refractivity contribution in [3.05, 3.63) is 62.5 Å². The summed E-state index contributed by atoms with van der Waals surface area (Å²) in [5, 5.41) is 2.68. The number of nitrogens with one attached hydrogen (secondary N) is 1. The van der Waals surface area contributed by atoms with E-state index >= 15 is 0 Å². The molecule has 0 aliphatic rings. The van der Waals surface area contributed by atoms with Crippen LogP contribution in [-0.4, -0.2) is 11.8 Å². The highest BCUT2D eigenvalue weighted by Crippen LogP contribution is 2.22. The molecule has 2 aromatic rings. The first-order chi connectivity index (χ1) is 9.47. The van der Waals surface area contributed by atoms with Crippen LogP contribution < -0.4 is 11.1 Å². The Morgan fingerprint density at radius 3 is 2.15 bits per heavy atom. The summed E-state index contributed by atoms with van der Waals surface area (Å²) in [6, 6.07) is 11.8. The Bertz CT molecular complexity index is 669. The van der Waals surface area contributed by atoms with Gasteiger partial charge in [-0.15, -0.1) is 0 Å². The van der Waals surface area contributed by atoms with Crippen molar-refractivity contribution < 1.29 is 9.59 Å². The molecule has 0 bridgehead atoms. The molecule has 0 aromatic heterocycles.